The molecule has 0 aromatic carbocycles. The summed E-state index contributed by atoms with van der Waals surface area (Å²) in [5, 5.41) is 18.9. The molecule has 0 bridgehead atoms. The van der Waals surface area contributed by atoms with Crippen LogP contribution in [-0.2, 0) is 0 Å². The maximum atomic E-state index is 10.9. The quantitative estimate of drug-likeness (QED) is 0.922. The number of nitriles is 1. The highest BCUT2D eigenvalue weighted by atomic mass is 32.2. The van der Waals surface area contributed by atoms with E-state index >= 15 is 0 Å². The normalized spacial score (nSPS) is 9.89. The lowest BCUT2D eigenvalue weighted by Crippen LogP contribution is -1.97. The molecule has 0 aliphatic heterocycles. The minimum Gasteiger partial charge on any atom is -0.478 e. The minimum atomic E-state index is -1.00. The van der Waals surface area contributed by atoms with Crippen molar-refractivity contribution < 1.29 is 9.90 Å². The molecule has 0 fully saturated rings. The summed E-state index contributed by atoms with van der Waals surface area (Å²) in [6.45, 7) is 1.80. The number of aromatic nitrogens is 2. The number of carboxylic acids is 1. The van der Waals surface area contributed by atoms with Crippen molar-refractivity contribution in [2.75, 3.05) is 0 Å². The highest BCUT2D eigenvalue weighted by Crippen LogP contribution is 2.25. The number of aryl methyl sites for hydroxylation is 1. The number of pyridine rings is 2. The van der Waals surface area contributed by atoms with Crippen molar-refractivity contribution >= 4 is 17.7 Å². The maximum absolute atomic E-state index is 10.9. The van der Waals surface area contributed by atoms with Gasteiger partial charge in [-0.05, 0) is 31.2 Å². The Kier molecular flexibility index (Phi) is 3.78. The predicted octanol–water partition coefficient (Wildman–Crippen LogP) is 2.51. The average molecular weight is 271 g/mol. The van der Waals surface area contributed by atoms with Crippen LogP contribution in [0.1, 0.15) is 21.6 Å². The van der Waals surface area contributed by atoms with Crippen molar-refractivity contribution in [1.29, 1.82) is 5.26 Å². The molecule has 2 aromatic rings. The largest absolute Gasteiger partial charge is 0.478 e. The van der Waals surface area contributed by atoms with Crippen molar-refractivity contribution in [3.63, 3.8) is 0 Å². The smallest absolute Gasteiger partial charge is 0.335 e. The van der Waals surface area contributed by atoms with Gasteiger partial charge in [-0.3, -0.25) is 0 Å². The summed E-state index contributed by atoms with van der Waals surface area (Å²) in [6, 6.07) is 8.29. The zero-order valence-electron chi connectivity index (χ0n) is 9.99. The first-order chi connectivity index (χ1) is 9.08. The third-order valence-electron chi connectivity index (χ3n) is 2.25. The van der Waals surface area contributed by atoms with Crippen molar-refractivity contribution in [3.8, 4) is 6.07 Å². The lowest BCUT2D eigenvalue weighted by atomic mass is 10.2. The molecule has 1 N–H and O–H groups in total. The van der Waals surface area contributed by atoms with Gasteiger partial charge in [-0.2, -0.15) is 5.26 Å². The van der Waals surface area contributed by atoms with Gasteiger partial charge in [-0.15, -0.1) is 0 Å². The summed E-state index contributed by atoms with van der Waals surface area (Å²) < 4.78 is 0. The molecule has 2 rings (SSSR count). The Morgan fingerprint density at radius 3 is 2.84 bits per heavy atom. The third kappa shape index (κ3) is 3.30. The fourth-order valence-electron chi connectivity index (χ4n) is 1.46. The monoisotopic (exact) mass is 271 g/mol. The predicted molar refractivity (Wildman–Crippen MR) is 69.0 cm³/mol. The Bertz CT molecular complexity index is 680. The van der Waals surface area contributed by atoms with Crippen LogP contribution in [-0.4, -0.2) is 21.0 Å². The zero-order valence-corrected chi connectivity index (χ0v) is 10.8. The van der Waals surface area contributed by atoms with Gasteiger partial charge < -0.3 is 5.11 Å². The maximum Gasteiger partial charge on any atom is 0.335 e. The van der Waals surface area contributed by atoms with E-state index in [1.54, 1.807) is 19.1 Å². The molecular formula is C13H9N3O2S. The fourth-order valence-corrected chi connectivity index (χ4v) is 2.35. The van der Waals surface area contributed by atoms with E-state index in [1.807, 2.05) is 0 Å². The van der Waals surface area contributed by atoms with Gasteiger partial charge in [0.05, 0.1) is 17.2 Å². The number of carboxylic acid groups (broad SMARTS) is 1. The standard InChI is InChI=1S/C13H9N3O2S/c1-8-4-9(7-14)5-12(16-8)19-11-6-10(13(17)18)2-3-15-11/h2-6H,1H3,(H,17,18). The average Bonchev–Trinajstić information content (AvgIpc) is 2.38. The number of aromatic carboxylic acids is 1. The first kappa shape index (κ1) is 13.1. The summed E-state index contributed by atoms with van der Waals surface area (Å²) in [5.41, 5.74) is 1.42. The summed E-state index contributed by atoms with van der Waals surface area (Å²) in [5.74, 6) is -1.00. The molecule has 0 spiro atoms. The summed E-state index contributed by atoms with van der Waals surface area (Å²) in [4.78, 5) is 19.2. The molecule has 2 aromatic heterocycles. The van der Waals surface area contributed by atoms with Crippen molar-refractivity contribution in [2.24, 2.45) is 0 Å². The number of hydrogen-bond donors (Lipinski definition) is 1. The SMILES string of the molecule is Cc1cc(C#N)cc(Sc2cc(C(=O)O)ccn2)n1. The van der Waals surface area contributed by atoms with Crippen molar-refractivity contribution in [3.05, 3.63) is 47.3 Å². The van der Waals surface area contributed by atoms with Gasteiger partial charge in [0, 0.05) is 11.9 Å². The molecule has 5 nitrogen and oxygen atoms in total. The summed E-state index contributed by atoms with van der Waals surface area (Å²) >= 11 is 1.23. The number of rotatable bonds is 3. The number of carbonyl (C=O) groups is 1. The van der Waals surface area contributed by atoms with E-state index in [-0.39, 0.29) is 5.56 Å². The first-order valence-corrected chi connectivity index (χ1v) is 6.16. The van der Waals surface area contributed by atoms with Gasteiger partial charge >= 0.3 is 5.97 Å². The molecule has 0 aliphatic rings. The summed E-state index contributed by atoms with van der Waals surface area (Å²) in [6.07, 6.45) is 1.44. The molecule has 0 saturated carbocycles. The molecule has 0 atom stereocenters. The Morgan fingerprint density at radius 1 is 1.37 bits per heavy atom. The van der Waals surface area contributed by atoms with E-state index in [4.69, 9.17) is 10.4 Å². The van der Waals surface area contributed by atoms with Crippen LogP contribution >= 0.6 is 11.8 Å². The van der Waals surface area contributed by atoms with E-state index in [0.717, 1.165) is 5.69 Å². The van der Waals surface area contributed by atoms with Crippen LogP contribution in [0, 0.1) is 18.3 Å². The lowest BCUT2D eigenvalue weighted by molar-refractivity contribution is 0.0696. The van der Waals surface area contributed by atoms with Crippen molar-refractivity contribution in [1.82, 2.24) is 9.97 Å². The first-order valence-electron chi connectivity index (χ1n) is 5.34. The van der Waals surface area contributed by atoms with Gasteiger partial charge in [0.15, 0.2) is 0 Å². The molecule has 0 saturated heterocycles. The van der Waals surface area contributed by atoms with Crippen LogP contribution in [0.25, 0.3) is 0 Å². The zero-order chi connectivity index (χ0) is 13.8. The lowest BCUT2D eigenvalue weighted by Gasteiger charge is -2.03. The van der Waals surface area contributed by atoms with Crippen LogP contribution < -0.4 is 0 Å². The van der Waals surface area contributed by atoms with E-state index in [0.29, 0.717) is 15.6 Å². The third-order valence-corrected chi connectivity index (χ3v) is 3.10. The Morgan fingerprint density at radius 2 is 2.16 bits per heavy atom. The number of nitrogens with zero attached hydrogens (tertiary/aromatic N) is 3. The Hall–Kier alpha value is -2.39. The van der Waals surface area contributed by atoms with E-state index in [2.05, 4.69) is 16.0 Å². The molecule has 0 amide bonds. The second-order valence-electron chi connectivity index (χ2n) is 3.74. The van der Waals surface area contributed by atoms with Crippen LogP contribution in [0.2, 0.25) is 0 Å². The van der Waals surface area contributed by atoms with Crippen LogP contribution in [0.5, 0.6) is 0 Å². The molecule has 2 heterocycles. The molecule has 0 radical (unpaired) electrons. The second-order valence-corrected chi connectivity index (χ2v) is 4.78. The molecule has 6 heteroatoms. The molecule has 0 aliphatic carbocycles. The van der Waals surface area contributed by atoms with Gasteiger partial charge in [-0.1, -0.05) is 11.8 Å². The Labute approximate surface area is 113 Å². The summed E-state index contributed by atoms with van der Waals surface area (Å²) in [7, 11) is 0. The molecular weight excluding hydrogens is 262 g/mol. The molecule has 0 unspecified atom stereocenters. The van der Waals surface area contributed by atoms with E-state index < -0.39 is 5.97 Å². The highest BCUT2D eigenvalue weighted by Gasteiger charge is 2.07. The highest BCUT2D eigenvalue weighted by molar-refractivity contribution is 7.99. The topological polar surface area (TPSA) is 86.9 Å². The fraction of sp³-hybridized carbons (Fsp3) is 0.0769. The van der Waals surface area contributed by atoms with Crippen molar-refractivity contribution in [2.45, 2.75) is 17.0 Å². The van der Waals surface area contributed by atoms with Crippen LogP contribution in [0.15, 0.2) is 40.5 Å². The van der Waals surface area contributed by atoms with Gasteiger partial charge in [0.1, 0.15) is 10.1 Å². The molecule has 19 heavy (non-hydrogen) atoms. The van der Waals surface area contributed by atoms with E-state index in [1.165, 1.54) is 30.1 Å². The van der Waals surface area contributed by atoms with Crippen LogP contribution in [0.3, 0.4) is 0 Å². The Balaban J connectivity index is 2.31. The van der Waals surface area contributed by atoms with E-state index in [9.17, 15) is 4.79 Å². The second kappa shape index (κ2) is 5.50. The van der Waals surface area contributed by atoms with Gasteiger partial charge in [-0.25, -0.2) is 14.8 Å². The van der Waals surface area contributed by atoms with Crippen LogP contribution in [0.4, 0.5) is 0 Å². The molecule has 94 valence electrons. The van der Waals surface area contributed by atoms with Gasteiger partial charge in [0.2, 0.25) is 0 Å². The minimum absolute atomic E-state index is 0.172. The van der Waals surface area contributed by atoms with Gasteiger partial charge in [0.25, 0.3) is 0 Å². The number of hydrogen-bond acceptors (Lipinski definition) is 5.